The predicted octanol–water partition coefficient (Wildman–Crippen LogP) is 4.38. The van der Waals surface area contributed by atoms with Crippen LogP contribution < -0.4 is 0 Å². The van der Waals surface area contributed by atoms with E-state index in [2.05, 4.69) is 49.1 Å². The lowest BCUT2D eigenvalue weighted by atomic mass is 9.90. The van der Waals surface area contributed by atoms with Gasteiger partial charge in [-0.25, -0.2) is 0 Å². The first-order chi connectivity index (χ1) is 9.24. The van der Waals surface area contributed by atoms with E-state index >= 15 is 0 Å². The summed E-state index contributed by atoms with van der Waals surface area (Å²) in [4.78, 5) is 2.67. The Morgan fingerprint density at radius 1 is 1.11 bits per heavy atom. The van der Waals surface area contributed by atoms with Crippen LogP contribution in [0.2, 0.25) is 0 Å². The van der Waals surface area contributed by atoms with Crippen molar-refractivity contribution in [3.8, 4) is 0 Å². The van der Waals surface area contributed by atoms with E-state index in [0.717, 1.165) is 11.8 Å². The first-order valence-corrected chi connectivity index (χ1v) is 8.00. The molecule has 0 spiro atoms. The molecule has 0 aliphatic carbocycles. The van der Waals surface area contributed by atoms with E-state index in [4.69, 9.17) is 0 Å². The van der Waals surface area contributed by atoms with Crippen LogP contribution in [0, 0.1) is 11.8 Å². The minimum Gasteiger partial charge on any atom is -0.303 e. The molecule has 0 unspecified atom stereocenters. The molecule has 0 N–H and O–H groups in total. The van der Waals surface area contributed by atoms with Gasteiger partial charge in [0.05, 0.1) is 0 Å². The van der Waals surface area contributed by atoms with E-state index in [1.807, 2.05) is 0 Å². The highest BCUT2D eigenvalue weighted by Gasteiger charge is 2.18. The lowest BCUT2D eigenvalue weighted by Gasteiger charge is -2.32. The maximum atomic E-state index is 2.67. The van der Waals surface area contributed by atoms with E-state index in [-0.39, 0.29) is 0 Å². The molecule has 19 heavy (non-hydrogen) atoms. The van der Waals surface area contributed by atoms with Gasteiger partial charge in [0.25, 0.3) is 0 Å². The summed E-state index contributed by atoms with van der Waals surface area (Å²) in [6.45, 7) is 8.60. The minimum atomic E-state index is 0.857. The van der Waals surface area contributed by atoms with Crippen LogP contribution in [0.15, 0.2) is 30.3 Å². The third-order valence-electron chi connectivity index (χ3n) is 4.33. The van der Waals surface area contributed by atoms with Gasteiger partial charge < -0.3 is 4.90 Å². The van der Waals surface area contributed by atoms with Crippen LogP contribution in [0.3, 0.4) is 0 Å². The molecular formula is C18H29N. The second kappa shape index (κ2) is 7.69. The number of hydrogen-bond acceptors (Lipinski definition) is 1. The standard InChI is InChI=1S/C18H29N/c1-16(2)7-6-12-19-13-10-18(11-14-19)15-17-8-4-3-5-9-17/h3-5,8-9,16,18H,6-7,10-15H2,1-2H3. The van der Waals surface area contributed by atoms with Gasteiger partial charge in [0.2, 0.25) is 0 Å². The summed E-state index contributed by atoms with van der Waals surface area (Å²) in [5, 5.41) is 0. The highest BCUT2D eigenvalue weighted by molar-refractivity contribution is 5.15. The molecule has 0 radical (unpaired) electrons. The lowest BCUT2D eigenvalue weighted by Crippen LogP contribution is -2.35. The number of piperidine rings is 1. The van der Waals surface area contributed by atoms with Crippen LogP contribution in [0.4, 0.5) is 0 Å². The molecule has 1 fully saturated rings. The molecule has 106 valence electrons. The SMILES string of the molecule is CC(C)CCCN1CCC(Cc2ccccc2)CC1. The number of likely N-dealkylation sites (tertiary alicyclic amines) is 1. The molecule has 0 aromatic heterocycles. The number of hydrogen-bond donors (Lipinski definition) is 0. The molecule has 0 amide bonds. The van der Waals surface area contributed by atoms with E-state index < -0.39 is 0 Å². The largest absolute Gasteiger partial charge is 0.303 e. The summed E-state index contributed by atoms with van der Waals surface area (Å²) >= 11 is 0. The van der Waals surface area contributed by atoms with Crippen molar-refractivity contribution in [1.82, 2.24) is 4.90 Å². The second-order valence-electron chi connectivity index (χ2n) is 6.51. The number of benzene rings is 1. The molecule has 1 saturated heterocycles. The van der Waals surface area contributed by atoms with Crippen molar-refractivity contribution in [2.45, 2.75) is 46.0 Å². The Hall–Kier alpha value is -0.820. The van der Waals surface area contributed by atoms with Crippen LogP contribution in [-0.2, 0) is 6.42 Å². The molecule has 0 bridgehead atoms. The van der Waals surface area contributed by atoms with Gasteiger partial charge in [0, 0.05) is 0 Å². The topological polar surface area (TPSA) is 3.24 Å². The number of rotatable bonds is 6. The first-order valence-electron chi connectivity index (χ1n) is 8.00. The molecule has 1 heteroatoms. The molecule has 2 rings (SSSR count). The van der Waals surface area contributed by atoms with Gasteiger partial charge in [-0.05, 0) is 69.1 Å². The van der Waals surface area contributed by atoms with Gasteiger partial charge >= 0.3 is 0 Å². The molecular weight excluding hydrogens is 230 g/mol. The van der Waals surface area contributed by atoms with Crippen LogP contribution in [0.25, 0.3) is 0 Å². The zero-order chi connectivity index (χ0) is 13.5. The molecule has 1 nitrogen and oxygen atoms in total. The molecule has 1 aliphatic rings. The van der Waals surface area contributed by atoms with Crippen molar-refractivity contribution in [2.24, 2.45) is 11.8 Å². The monoisotopic (exact) mass is 259 g/mol. The zero-order valence-electron chi connectivity index (χ0n) is 12.6. The van der Waals surface area contributed by atoms with Gasteiger partial charge in [-0.1, -0.05) is 44.2 Å². The van der Waals surface area contributed by atoms with E-state index in [0.29, 0.717) is 0 Å². The Balaban J connectivity index is 1.65. The quantitative estimate of drug-likeness (QED) is 0.733. The summed E-state index contributed by atoms with van der Waals surface area (Å²) in [6.07, 6.45) is 6.80. The summed E-state index contributed by atoms with van der Waals surface area (Å²) in [5.74, 6) is 1.76. The van der Waals surface area contributed by atoms with Crippen LogP contribution in [0.1, 0.15) is 45.1 Å². The van der Waals surface area contributed by atoms with Gasteiger partial charge in [0.1, 0.15) is 0 Å². The van der Waals surface area contributed by atoms with Crippen molar-refractivity contribution in [3.05, 3.63) is 35.9 Å². The van der Waals surface area contributed by atoms with E-state index in [1.165, 1.54) is 57.3 Å². The van der Waals surface area contributed by atoms with Gasteiger partial charge in [-0.15, -0.1) is 0 Å². The summed E-state index contributed by atoms with van der Waals surface area (Å²) in [6, 6.07) is 11.0. The molecule has 1 aromatic carbocycles. The fourth-order valence-corrected chi connectivity index (χ4v) is 3.08. The summed E-state index contributed by atoms with van der Waals surface area (Å²) in [5.41, 5.74) is 1.51. The first kappa shape index (κ1) is 14.6. The Bertz CT molecular complexity index is 336. The fraction of sp³-hybridized carbons (Fsp3) is 0.667. The normalized spacial score (nSPS) is 18.1. The Morgan fingerprint density at radius 3 is 2.42 bits per heavy atom. The van der Waals surface area contributed by atoms with Crippen molar-refractivity contribution in [1.29, 1.82) is 0 Å². The molecule has 1 aliphatic heterocycles. The zero-order valence-corrected chi connectivity index (χ0v) is 12.6. The molecule has 0 saturated carbocycles. The average Bonchev–Trinajstić information content (AvgIpc) is 2.42. The van der Waals surface area contributed by atoms with Crippen molar-refractivity contribution in [3.63, 3.8) is 0 Å². The van der Waals surface area contributed by atoms with Crippen LogP contribution in [0.5, 0.6) is 0 Å². The van der Waals surface area contributed by atoms with Gasteiger partial charge in [-0.3, -0.25) is 0 Å². The Labute approximate surface area is 119 Å². The van der Waals surface area contributed by atoms with Crippen molar-refractivity contribution in [2.75, 3.05) is 19.6 Å². The van der Waals surface area contributed by atoms with Gasteiger partial charge in [0.15, 0.2) is 0 Å². The molecule has 1 aromatic rings. The average molecular weight is 259 g/mol. The van der Waals surface area contributed by atoms with E-state index in [9.17, 15) is 0 Å². The van der Waals surface area contributed by atoms with Crippen molar-refractivity contribution >= 4 is 0 Å². The smallest absolute Gasteiger partial charge is 0.00160 e. The third kappa shape index (κ3) is 5.36. The maximum Gasteiger partial charge on any atom is -0.00160 e. The lowest BCUT2D eigenvalue weighted by molar-refractivity contribution is 0.179. The number of nitrogens with zero attached hydrogens (tertiary/aromatic N) is 1. The minimum absolute atomic E-state index is 0.857. The third-order valence-corrected chi connectivity index (χ3v) is 4.33. The second-order valence-corrected chi connectivity index (χ2v) is 6.51. The highest BCUT2D eigenvalue weighted by Crippen LogP contribution is 2.22. The van der Waals surface area contributed by atoms with Gasteiger partial charge in [-0.2, -0.15) is 0 Å². The van der Waals surface area contributed by atoms with Crippen LogP contribution in [-0.4, -0.2) is 24.5 Å². The summed E-state index contributed by atoms with van der Waals surface area (Å²) < 4.78 is 0. The molecule has 1 heterocycles. The Kier molecular flexibility index (Phi) is 5.91. The predicted molar refractivity (Wildman–Crippen MR) is 83.4 cm³/mol. The van der Waals surface area contributed by atoms with Crippen LogP contribution >= 0.6 is 0 Å². The van der Waals surface area contributed by atoms with Crippen molar-refractivity contribution < 1.29 is 0 Å². The summed E-state index contributed by atoms with van der Waals surface area (Å²) in [7, 11) is 0. The molecule has 0 atom stereocenters. The Morgan fingerprint density at radius 2 is 1.79 bits per heavy atom. The maximum absolute atomic E-state index is 2.67. The highest BCUT2D eigenvalue weighted by atomic mass is 15.1. The fourth-order valence-electron chi connectivity index (χ4n) is 3.08. The van der Waals surface area contributed by atoms with E-state index in [1.54, 1.807) is 0 Å².